The molecule has 7 heteroatoms. The van der Waals surface area contributed by atoms with Crippen LogP contribution in [0.4, 0.5) is 4.39 Å². The van der Waals surface area contributed by atoms with E-state index in [4.69, 9.17) is 21.6 Å². The van der Waals surface area contributed by atoms with Crippen LogP contribution in [0, 0.1) is 17.1 Å². The van der Waals surface area contributed by atoms with Crippen LogP contribution in [0.3, 0.4) is 0 Å². The average molecular weight is 329 g/mol. The zero-order valence-corrected chi connectivity index (χ0v) is 11.0. The molecule has 4 nitrogen and oxygen atoms in total. The Morgan fingerprint density at radius 2 is 2.17 bits per heavy atom. The van der Waals surface area contributed by atoms with Gasteiger partial charge in [0.1, 0.15) is 34.0 Å². The van der Waals surface area contributed by atoms with Gasteiger partial charge in [0.25, 0.3) is 0 Å². The zero-order chi connectivity index (χ0) is 13.1. The first-order valence-electron chi connectivity index (χ1n) is 4.66. The fourth-order valence-electron chi connectivity index (χ4n) is 1.21. The van der Waals surface area contributed by atoms with Crippen LogP contribution in [0.15, 0.2) is 29.0 Å². The topological polar surface area (TPSA) is 58.8 Å². The lowest BCUT2D eigenvalue weighted by Gasteiger charge is -2.08. The maximum absolute atomic E-state index is 13.4. The highest BCUT2D eigenvalue weighted by Gasteiger charge is 2.14. The molecule has 0 saturated carbocycles. The molecule has 2 rings (SSSR count). The van der Waals surface area contributed by atoms with Crippen molar-refractivity contribution in [2.24, 2.45) is 0 Å². The molecule has 18 heavy (non-hydrogen) atoms. The van der Waals surface area contributed by atoms with Crippen molar-refractivity contribution < 1.29 is 9.13 Å². The molecule has 1 aromatic heterocycles. The molecule has 0 amide bonds. The van der Waals surface area contributed by atoms with Gasteiger partial charge in [-0.05, 0) is 28.1 Å². The van der Waals surface area contributed by atoms with Gasteiger partial charge in [-0.1, -0.05) is 17.7 Å². The van der Waals surface area contributed by atoms with Gasteiger partial charge in [-0.15, -0.1) is 0 Å². The Labute approximate surface area is 115 Å². The van der Waals surface area contributed by atoms with Crippen molar-refractivity contribution in [2.45, 2.75) is 0 Å². The summed E-state index contributed by atoms with van der Waals surface area (Å²) in [6.07, 6.45) is 1.20. The second-order valence-corrected chi connectivity index (χ2v) is 4.26. The van der Waals surface area contributed by atoms with E-state index >= 15 is 0 Å². The molecule has 0 unspecified atom stereocenters. The predicted octanol–water partition coefficient (Wildman–Crippen LogP) is 3.70. The Morgan fingerprint density at radius 3 is 2.89 bits per heavy atom. The third-order valence-electron chi connectivity index (χ3n) is 2.01. The van der Waals surface area contributed by atoms with E-state index in [-0.39, 0.29) is 22.3 Å². The lowest BCUT2D eigenvalue weighted by molar-refractivity contribution is 0.451. The molecular formula is C11H4BrClFN3O. The van der Waals surface area contributed by atoms with E-state index in [1.54, 1.807) is 6.07 Å². The minimum absolute atomic E-state index is 0.0629. The molecule has 0 bridgehead atoms. The van der Waals surface area contributed by atoms with Gasteiger partial charge in [-0.3, -0.25) is 0 Å². The molecule has 0 spiro atoms. The maximum atomic E-state index is 13.4. The Balaban J connectivity index is 2.44. The van der Waals surface area contributed by atoms with Gasteiger partial charge in [-0.2, -0.15) is 5.26 Å². The van der Waals surface area contributed by atoms with Crippen molar-refractivity contribution >= 4 is 27.5 Å². The molecular weight excluding hydrogens is 324 g/mol. The van der Waals surface area contributed by atoms with E-state index in [2.05, 4.69) is 25.9 Å². The number of rotatable bonds is 2. The zero-order valence-electron chi connectivity index (χ0n) is 8.69. The maximum Gasteiger partial charge on any atom is 0.238 e. The van der Waals surface area contributed by atoms with Gasteiger partial charge in [0.05, 0.1) is 0 Å². The van der Waals surface area contributed by atoms with Crippen LogP contribution in [0.1, 0.15) is 5.56 Å². The lowest BCUT2D eigenvalue weighted by Crippen LogP contribution is -1.95. The highest BCUT2D eigenvalue weighted by Crippen LogP contribution is 2.33. The number of nitriles is 1. The van der Waals surface area contributed by atoms with Gasteiger partial charge in [0.2, 0.25) is 5.88 Å². The number of hydrogen-bond donors (Lipinski definition) is 0. The van der Waals surface area contributed by atoms with E-state index < -0.39 is 5.82 Å². The van der Waals surface area contributed by atoms with E-state index in [0.29, 0.717) is 4.47 Å². The SMILES string of the molecule is N#Cc1c(F)cccc1Oc1ncnc(Cl)c1Br. The highest BCUT2D eigenvalue weighted by molar-refractivity contribution is 9.10. The first-order chi connectivity index (χ1) is 8.63. The van der Waals surface area contributed by atoms with Gasteiger partial charge < -0.3 is 4.74 Å². The molecule has 1 aromatic carbocycles. The van der Waals surface area contributed by atoms with Gasteiger partial charge in [-0.25, -0.2) is 14.4 Å². The summed E-state index contributed by atoms with van der Waals surface area (Å²) in [7, 11) is 0. The van der Waals surface area contributed by atoms with Crippen LogP contribution in [0.2, 0.25) is 5.15 Å². The number of ether oxygens (including phenoxy) is 1. The van der Waals surface area contributed by atoms with Crippen LogP contribution in [0.25, 0.3) is 0 Å². The molecule has 2 aromatic rings. The summed E-state index contributed by atoms with van der Waals surface area (Å²) < 4.78 is 19.0. The molecule has 0 aliphatic rings. The fourth-order valence-corrected chi connectivity index (χ4v) is 1.62. The quantitative estimate of drug-likeness (QED) is 0.789. The molecule has 1 heterocycles. The number of halogens is 3. The summed E-state index contributed by atoms with van der Waals surface area (Å²) in [5.41, 5.74) is -0.195. The first-order valence-corrected chi connectivity index (χ1v) is 5.83. The minimum Gasteiger partial charge on any atom is -0.436 e. The smallest absolute Gasteiger partial charge is 0.238 e. The molecule has 0 radical (unpaired) electrons. The van der Waals surface area contributed by atoms with Crippen molar-refractivity contribution in [2.75, 3.05) is 0 Å². The Hall–Kier alpha value is -1.71. The summed E-state index contributed by atoms with van der Waals surface area (Å²) in [5.74, 6) is -0.489. The first kappa shape index (κ1) is 12.7. The highest BCUT2D eigenvalue weighted by atomic mass is 79.9. The van der Waals surface area contributed by atoms with E-state index in [0.717, 1.165) is 0 Å². The molecule has 0 atom stereocenters. The molecule has 0 aliphatic heterocycles. The second-order valence-electron chi connectivity index (χ2n) is 3.11. The minimum atomic E-state index is -0.661. The number of aromatic nitrogens is 2. The van der Waals surface area contributed by atoms with Crippen molar-refractivity contribution in [3.63, 3.8) is 0 Å². The van der Waals surface area contributed by atoms with Crippen molar-refractivity contribution in [1.29, 1.82) is 5.26 Å². The number of hydrogen-bond acceptors (Lipinski definition) is 4. The van der Waals surface area contributed by atoms with Crippen molar-refractivity contribution in [3.05, 3.63) is 45.5 Å². The molecule has 0 fully saturated rings. The number of benzene rings is 1. The van der Waals surface area contributed by atoms with Gasteiger partial charge in [0, 0.05) is 0 Å². The van der Waals surface area contributed by atoms with Crippen LogP contribution in [0.5, 0.6) is 11.6 Å². The van der Waals surface area contributed by atoms with Gasteiger partial charge in [0.15, 0.2) is 5.15 Å². The van der Waals surface area contributed by atoms with Crippen LogP contribution < -0.4 is 4.74 Å². The van der Waals surface area contributed by atoms with E-state index in [1.165, 1.54) is 24.5 Å². The number of nitrogens with zero attached hydrogens (tertiary/aromatic N) is 3. The van der Waals surface area contributed by atoms with Crippen LogP contribution >= 0.6 is 27.5 Å². The third kappa shape index (κ3) is 2.42. The molecule has 0 aliphatic carbocycles. The summed E-state index contributed by atoms with van der Waals surface area (Å²) >= 11 is 8.91. The van der Waals surface area contributed by atoms with Crippen molar-refractivity contribution in [3.8, 4) is 17.7 Å². The Bertz CT molecular complexity index is 645. The molecule has 0 N–H and O–H groups in total. The van der Waals surface area contributed by atoms with Gasteiger partial charge >= 0.3 is 0 Å². The Kier molecular flexibility index (Phi) is 3.75. The third-order valence-corrected chi connectivity index (χ3v) is 3.24. The van der Waals surface area contributed by atoms with Crippen molar-refractivity contribution in [1.82, 2.24) is 9.97 Å². The summed E-state index contributed by atoms with van der Waals surface area (Å²) in [6.45, 7) is 0. The summed E-state index contributed by atoms with van der Waals surface area (Å²) in [6, 6.07) is 5.80. The fraction of sp³-hybridized carbons (Fsp3) is 0. The van der Waals surface area contributed by atoms with E-state index in [9.17, 15) is 4.39 Å². The Morgan fingerprint density at radius 1 is 1.39 bits per heavy atom. The molecule has 0 saturated heterocycles. The monoisotopic (exact) mass is 327 g/mol. The van der Waals surface area contributed by atoms with Crippen LogP contribution in [-0.2, 0) is 0 Å². The average Bonchev–Trinajstić information content (AvgIpc) is 2.35. The largest absolute Gasteiger partial charge is 0.436 e. The predicted molar refractivity (Wildman–Crippen MR) is 65.9 cm³/mol. The molecule has 90 valence electrons. The normalized spacial score (nSPS) is 9.89. The summed E-state index contributed by atoms with van der Waals surface area (Å²) in [5, 5.41) is 9.02. The summed E-state index contributed by atoms with van der Waals surface area (Å²) in [4.78, 5) is 7.57. The lowest BCUT2D eigenvalue weighted by atomic mass is 10.2. The van der Waals surface area contributed by atoms with E-state index in [1.807, 2.05) is 0 Å². The standard InChI is InChI=1S/C11H4BrClFN3O/c12-9-10(13)16-5-17-11(9)18-8-3-1-2-7(14)6(8)4-15/h1-3,5H. The second kappa shape index (κ2) is 5.29. The van der Waals surface area contributed by atoms with Crippen LogP contribution in [-0.4, -0.2) is 9.97 Å².